The SMILES string of the molecule is CCCN(CCC)C(=O)c1cccc(C(=O)N[C@@H](Cc2ccccc2)[C@H](O)CNCc2cc(OC)c(OC)c(OC)c2)c1. The molecule has 0 aliphatic heterocycles. The summed E-state index contributed by atoms with van der Waals surface area (Å²) in [6.07, 6.45) is 1.25. The number of aliphatic hydroxyl groups is 1. The summed E-state index contributed by atoms with van der Waals surface area (Å²) in [5.74, 6) is 1.16. The van der Waals surface area contributed by atoms with E-state index in [0.29, 0.717) is 54.4 Å². The highest BCUT2D eigenvalue weighted by Crippen LogP contribution is 2.38. The summed E-state index contributed by atoms with van der Waals surface area (Å²) in [6.45, 7) is 6.05. The van der Waals surface area contributed by atoms with E-state index < -0.39 is 12.1 Å². The average molecular weight is 592 g/mol. The Hall–Kier alpha value is -4.08. The van der Waals surface area contributed by atoms with Crippen LogP contribution in [0.5, 0.6) is 17.2 Å². The lowest BCUT2D eigenvalue weighted by Crippen LogP contribution is -2.48. The summed E-state index contributed by atoms with van der Waals surface area (Å²) in [7, 11) is 4.68. The third-order valence-electron chi connectivity index (χ3n) is 7.13. The molecular weight excluding hydrogens is 546 g/mol. The second kappa shape index (κ2) is 17.1. The van der Waals surface area contributed by atoms with Gasteiger partial charge in [0.25, 0.3) is 11.8 Å². The van der Waals surface area contributed by atoms with Crippen LogP contribution >= 0.6 is 0 Å². The predicted octanol–water partition coefficient (Wildman–Crippen LogP) is 4.47. The van der Waals surface area contributed by atoms with Gasteiger partial charge in [0.1, 0.15) is 0 Å². The summed E-state index contributed by atoms with van der Waals surface area (Å²) in [4.78, 5) is 28.4. The van der Waals surface area contributed by atoms with E-state index in [1.54, 1.807) is 45.6 Å². The van der Waals surface area contributed by atoms with Crippen LogP contribution in [0.2, 0.25) is 0 Å². The largest absolute Gasteiger partial charge is 0.493 e. The highest BCUT2D eigenvalue weighted by atomic mass is 16.5. The Balaban J connectivity index is 1.74. The summed E-state index contributed by atoms with van der Waals surface area (Å²) >= 11 is 0. The van der Waals surface area contributed by atoms with Crippen molar-refractivity contribution in [3.8, 4) is 17.2 Å². The van der Waals surface area contributed by atoms with Gasteiger partial charge in [0, 0.05) is 37.3 Å². The maximum atomic E-state index is 13.4. The van der Waals surface area contributed by atoms with Crippen LogP contribution in [0.4, 0.5) is 0 Å². The van der Waals surface area contributed by atoms with E-state index in [4.69, 9.17) is 14.2 Å². The molecule has 3 aromatic rings. The predicted molar refractivity (Wildman–Crippen MR) is 168 cm³/mol. The molecule has 0 spiro atoms. The molecule has 3 N–H and O–H groups in total. The van der Waals surface area contributed by atoms with Crippen molar-refractivity contribution in [2.24, 2.45) is 0 Å². The van der Waals surface area contributed by atoms with Gasteiger partial charge in [-0.25, -0.2) is 0 Å². The molecule has 0 saturated heterocycles. The van der Waals surface area contributed by atoms with Crippen molar-refractivity contribution < 1.29 is 28.9 Å². The highest BCUT2D eigenvalue weighted by molar-refractivity contribution is 5.99. The van der Waals surface area contributed by atoms with Crippen LogP contribution in [-0.2, 0) is 13.0 Å². The fourth-order valence-corrected chi connectivity index (χ4v) is 4.98. The molecule has 0 aliphatic carbocycles. The van der Waals surface area contributed by atoms with Crippen LogP contribution in [0.25, 0.3) is 0 Å². The molecule has 9 heteroatoms. The van der Waals surface area contributed by atoms with E-state index in [1.165, 1.54) is 0 Å². The Labute approximate surface area is 255 Å². The van der Waals surface area contributed by atoms with Crippen molar-refractivity contribution >= 4 is 11.8 Å². The molecule has 0 aromatic heterocycles. The Bertz CT molecular complexity index is 1290. The zero-order valence-corrected chi connectivity index (χ0v) is 25.9. The van der Waals surface area contributed by atoms with Gasteiger partial charge in [-0.15, -0.1) is 0 Å². The highest BCUT2D eigenvalue weighted by Gasteiger charge is 2.24. The molecular formula is C34H45N3O6. The molecule has 0 bridgehead atoms. The maximum Gasteiger partial charge on any atom is 0.253 e. The van der Waals surface area contributed by atoms with E-state index >= 15 is 0 Å². The summed E-state index contributed by atoms with van der Waals surface area (Å²) < 4.78 is 16.3. The van der Waals surface area contributed by atoms with E-state index in [2.05, 4.69) is 10.6 Å². The number of ether oxygens (including phenoxy) is 3. The summed E-state index contributed by atoms with van der Waals surface area (Å²) in [5.41, 5.74) is 2.71. The first-order valence-electron chi connectivity index (χ1n) is 14.8. The number of aliphatic hydroxyl groups excluding tert-OH is 1. The first-order valence-corrected chi connectivity index (χ1v) is 14.8. The Morgan fingerprint density at radius 2 is 1.44 bits per heavy atom. The van der Waals surface area contributed by atoms with Crippen LogP contribution in [0.15, 0.2) is 66.7 Å². The van der Waals surface area contributed by atoms with Gasteiger partial charge in [0.15, 0.2) is 11.5 Å². The Kier molecular flexibility index (Phi) is 13.3. The number of benzene rings is 3. The second-order valence-corrected chi connectivity index (χ2v) is 10.4. The number of hydrogen-bond donors (Lipinski definition) is 3. The zero-order chi connectivity index (χ0) is 31.2. The first kappa shape index (κ1) is 33.4. The zero-order valence-electron chi connectivity index (χ0n) is 25.9. The number of amides is 2. The molecule has 43 heavy (non-hydrogen) atoms. The smallest absolute Gasteiger partial charge is 0.253 e. The molecule has 0 heterocycles. The minimum atomic E-state index is -0.902. The Morgan fingerprint density at radius 1 is 0.814 bits per heavy atom. The van der Waals surface area contributed by atoms with Gasteiger partial charge in [-0.3, -0.25) is 9.59 Å². The van der Waals surface area contributed by atoms with Crippen LogP contribution in [-0.4, -0.2) is 74.9 Å². The number of nitrogens with zero attached hydrogens (tertiary/aromatic N) is 1. The van der Waals surface area contributed by atoms with Gasteiger partial charge in [-0.05, 0) is 60.7 Å². The fourth-order valence-electron chi connectivity index (χ4n) is 4.98. The van der Waals surface area contributed by atoms with Gasteiger partial charge < -0.3 is 34.9 Å². The number of rotatable bonds is 17. The molecule has 2 amide bonds. The van der Waals surface area contributed by atoms with Gasteiger partial charge in [0.05, 0.1) is 33.5 Å². The van der Waals surface area contributed by atoms with E-state index in [0.717, 1.165) is 24.0 Å². The Morgan fingerprint density at radius 3 is 2.02 bits per heavy atom. The molecule has 0 fully saturated rings. The number of carbonyl (C=O) groups excluding carboxylic acids is 2. The summed E-state index contributed by atoms with van der Waals surface area (Å²) in [6, 6.07) is 19.6. The van der Waals surface area contributed by atoms with E-state index in [9.17, 15) is 14.7 Å². The fraction of sp³-hybridized carbons (Fsp3) is 0.412. The maximum absolute atomic E-state index is 13.4. The lowest BCUT2D eigenvalue weighted by molar-refractivity contribution is 0.0755. The van der Waals surface area contributed by atoms with Gasteiger partial charge in [0.2, 0.25) is 5.75 Å². The molecule has 3 rings (SSSR count). The van der Waals surface area contributed by atoms with Gasteiger partial charge in [-0.2, -0.15) is 0 Å². The van der Waals surface area contributed by atoms with E-state index in [1.807, 2.05) is 61.2 Å². The lowest BCUT2D eigenvalue weighted by atomic mass is 10.00. The van der Waals surface area contributed by atoms with Crippen molar-refractivity contribution in [2.45, 2.75) is 51.8 Å². The van der Waals surface area contributed by atoms with Crippen molar-refractivity contribution in [1.29, 1.82) is 0 Å². The van der Waals surface area contributed by atoms with Crippen molar-refractivity contribution in [3.63, 3.8) is 0 Å². The molecule has 9 nitrogen and oxygen atoms in total. The molecule has 2 atom stereocenters. The molecule has 3 aromatic carbocycles. The quantitative estimate of drug-likeness (QED) is 0.213. The molecule has 0 radical (unpaired) electrons. The minimum absolute atomic E-state index is 0.0878. The third kappa shape index (κ3) is 9.46. The van der Waals surface area contributed by atoms with Crippen LogP contribution < -0.4 is 24.8 Å². The third-order valence-corrected chi connectivity index (χ3v) is 7.13. The van der Waals surface area contributed by atoms with E-state index in [-0.39, 0.29) is 18.4 Å². The van der Waals surface area contributed by atoms with Crippen LogP contribution in [0.3, 0.4) is 0 Å². The van der Waals surface area contributed by atoms with Crippen molar-refractivity contribution in [2.75, 3.05) is 41.0 Å². The molecule has 0 saturated carbocycles. The summed E-state index contributed by atoms with van der Waals surface area (Å²) in [5, 5.41) is 17.5. The van der Waals surface area contributed by atoms with Crippen molar-refractivity contribution in [1.82, 2.24) is 15.5 Å². The van der Waals surface area contributed by atoms with Crippen LogP contribution in [0, 0.1) is 0 Å². The number of hydrogen-bond acceptors (Lipinski definition) is 7. The van der Waals surface area contributed by atoms with Gasteiger partial charge >= 0.3 is 0 Å². The number of nitrogens with one attached hydrogen (secondary N) is 2. The monoisotopic (exact) mass is 591 g/mol. The topological polar surface area (TPSA) is 109 Å². The standard InChI is InChI=1S/C34H45N3O6/c1-6-16-37(17-7-2)34(40)27-15-11-14-26(21-27)33(39)36-28(18-24-12-9-8-10-13-24)29(38)23-35-22-25-19-30(41-3)32(43-5)31(20-25)42-4/h8-15,19-21,28-29,35,38H,6-7,16-18,22-23H2,1-5H3,(H,36,39)/t28-,29+/m0/s1. The number of methoxy groups -OCH3 is 3. The van der Waals surface area contributed by atoms with Crippen molar-refractivity contribution in [3.05, 3.63) is 89.0 Å². The second-order valence-electron chi connectivity index (χ2n) is 10.4. The molecule has 0 aliphatic rings. The lowest BCUT2D eigenvalue weighted by Gasteiger charge is -2.25. The van der Waals surface area contributed by atoms with Gasteiger partial charge in [-0.1, -0.05) is 50.2 Å². The normalized spacial score (nSPS) is 12.2. The number of carbonyl (C=O) groups is 2. The molecule has 232 valence electrons. The minimum Gasteiger partial charge on any atom is -0.493 e. The van der Waals surface area contributed by atoms with Crippen LogP contribution in [0.1, 0.15) is 58.5 Å². The average Bonchev–Trinajstić information content (AvgIpc) is 3.03. The first-order chi connectivity index (χ1) is 20.8. The molecule has 0 unspecified atom stereocenters.